The number of pyridine rings is 1. The molecule has 0 bridgehead atoms. The van der Waals surface area contributed by atoms with Gasteiger partial charge in [-0.05, 0) is 43.0 Å². The van der Waals surface area contributed by atoms with Crippen LogP contribution >= 0.6 is 0 Å². The molecule has 1 aromatic heterocycles. The van der Waals surface area contributed by atoms with Crippen LogP contribution in [-0.4, -0.2) is 18.1 Å². The maximum absolute atomic E-state index is 5.24. The number of hydrogen-bond acceptors (Lipinski definition) is 3. The fraction of sp³-hybridized carbons (Fsp3) is 0.400. The van der Waals surface area contributed by atoms with E-state index in [4.69, 9.17) is 4.74 Å². The average molecular weight is 244 g/mol. The predicted molar refractivity (Wildman–Crippen MR) is 76.3 cm³/mol. The normalized spacial score (nSPS) is 12.4. The fourth-order valence-electron chi connectivity index (χ4n) is 2.14. The summed E-state index contributed by atoms with van der Waals surface area (Å²) in [4.78, 5) is 4.43. The second kappa shape index (κ2) is 5.71. The third-order valence-corrected chi connectivity index (χ3v) is 3.08. The zero-order chi connectivity index (χ0) is 13.0. The highest BCUT2D eigenvalue weighted by Crippen LogP contribution is 2.25. The summed E-state index contributed by atoms with van der Waals surface area (Å²) < 4.78 is 5.24. The van der Waals surface area contributed by atoms with Crippen LogP contribution in [0.1, 0.15) is 26.7 Å². The van der Waals surface area contributed by atoms with Crippen LogP contribution in [0.15, 0.2) is 30.5 Å². The lowest BCUT2D eigenvalue weighted by atomic mass is 10.1. The van der Waals surface area contributed by atoms with Crippen molar-refractivity contribution in [2.45, 2.75) is 32.7 Å². The first-order chi connectivity index (χ1) is 8.74. The van der Waals surface area contributed by atoms with E-state index in [9.17, 15) is 0 Å². The number of nitrogens with zero attached hydrogens (tertiary/aromatic N) is 1. The third-order valence-electron chi connectivity index (χ3n) is 3.08. The maximum Gasteiger partial charge on any atom is 0.134 e. The minimum atomic E-state index is 0.440. The first-order valence-electron chi connectivity index (χ1n) is 6.44. The van der Waals surface area contributed by atoms with Crippen molar-refractivity contribution in [3.63, 3.8) is 0 Å². The number of hydrogen-bond donors (Lipinski definition) is 1. The van der Waals surface area contributed by atoms with Gasteiger partial charge in [0.1, 0.15) is 11.6 Å². The van der Waals surface area contributed by atoms with Crippen molar-refractivity contribution in [1.82, 2.24) is 4.98 Å². The highest BCUT2D eigenvalue weighted by Gasteiger charge is 2.06. The van der Waals surface area contributed by atoms with E-state index in [1.54, 1.807) is 7.11 Å². The van der Waals surface area contributed by atoms with E-state index < -0.39 is 0 Å². The number of rotatable bonds is 5. The Bertz CT molecular complexity index is 525. The summed E-state index contributed by atoms with van der Waals surface area (Å²) in [6.07, 6.45) is 4.16. The van der Waals surface area contributed by atoms with Gasteiger partial charge in [0.15, 0.2) is 0 Å². The number of benzene rings is 1. The largest absolute Gasteiger partial charge is 0.497 e. The van der Waals surface area contributed by atoms with Crippen LogP contribution in [0.25, 0.3) is 10.8 Å². The van der Waals surface area contributed by atoms with Crippen LogP contribution in [0.4, 0.5) is 5.82 Å². The van der Waals surface area contributed by atoms with Gasteiger partial charge in [-0.3, -0.25) is 0 Å². The van der Waals surface area contributed by atoms with E-state index in [2.05, 4.69) is 30.2 Å². The Morgan fingerprint density at radius 2 is 2.17 bits per heavy atom. The SMILES string of the molecule is CCCC(C)Nc1nccc2cc(OC)ccc12. The highest BCUT2D eigenvalue weighted by atomic mass is 16.5. The molecule has 1 aromatic carbocycles. The van der Waals surface area contributed by atoms with Crippen molar-refractivity contribution in [3.05, 3.63) is 30.5 Å². The van der Waals surface area contributed by atoms with Crippen LogP contribution in [0, 0.1) is 0 Å². The maximum atomic E-state index is 5.24. The number of nitrogens with one attached hydrogen (secondary N) is 1. The van der Waals surface area contributed by atoms with Gasteiger partial charge in [0.25, 0.3) is 0 Å². The van der Waals surface area contributed by atoms with Crippen LogP contribution in [0.3, 0.4) is 0 Å². The van der Waals surface area contributed by atoms with Crippen molar-refractivity contribution in [3.8, 4) is 5.75 Å². The Balaban J connectivity index is 2.33. The quantitative estimate of drug-likeness (QED) is 0.867. The molecule has 2 aromatic rings. The van der Waals surface area contributed by atoms with Crippen LogP contribution < -0.4 is 10.1 Å². The van der Waals surface area contributed by atoms with Crippen molar-refractivity contribution in [2.75, 3.05) is 12.4 Å². The molecule has 1 unspecified atom stereocenters. The van der Waals surface area contributed by atoms with E-state index >= 15 is 0 Å². The van der Waals surface area contributed by atoms with Gasteiger partial charge in [0.05, 0.1) is 7.11 Å². The second-order valence-corrected chi connectivity index (χ2v) is 4.58. The lowest BCUT2D eigenvalue weighted by Crippen LogP contribution is -2.15. The lowest BCUT2D eigenvalue weighted by molar-refractivity contribution is 0.415. The molecule has 1 N–H and O–H groups in total. The Labute approximate surface area is 108 Å². The third kappa shape index (κ3) is 2.73. The number of methoxy groups -OCH3 is 1. The predicted octanol–water partition coefficient (Wildman–Crippen LogP) is 3.84. The molecule has 0 radical (unpaired) electrons. The number of fused-ring (bicyclic) bond motifs is 1. The molecule has 3 nitrogen and oxygen atoms in total. The molecular formula is C15H20N2O. The summed E-state index contributed by atoms with van der Waals surface area (Å²) in [7, 11) is 1.69. The first-order valence-corrected chi connectivity index (χ1v) is 6.44. The van der Waals surface area contributed by atoms with Gasteiger partial charge in [0, 0.05) is 17.6 Å². The molecule has 0 saturated heterocycles. The van der Waals surface area contributed by atoms with Crippen molar-refractivity contribution < 1.29 is 4.74 Å². The van der Waals surface area contributed by atoms with Crippen molar-refractivity contribution >= 4 is 16.6 Å². The Morgan fingerprint density at radius 3 is 2.89 bits per heavy atom. The fourth-order valence-corrected chi connectivity index (χ4v) is 2.14. The monoisotopic (exact) mass is 244 g/mol. The van der Waals surface area contributed by atoms with Gasteiger partial charge in [-0.1, -0.05) is 13.3 Å². The van der Waals surface area contributed by atoms with Crippen molar-refractivity contribution in [2.24, 2.45) is 0 Å². The van der Waals surface area contributed by atoms with E-state index in [1.165, 1.54) is 6.42 Å². The standard InChI is InChI=1S/C15H20N2O/c1-4-5-11(2)17-15-14-7-6-13(18-3)10-12(14)8-9-16-15/h6-11H,4-5H2,1-3H3,(H,16,17). The molecule has 0 saturated carbocycles. The summed E-state index contributed by atoms with van der Waals surface area (Å²) in [6, 6.07) is 8.51. The molecule has 2 rings (SSSR count). The number of ether oxygens (including phenoxy) is 1. The van der Waals surface area contributed by atoms with Crippen molar-refractivity contribution in [1.29, 1.82) is 0 Å². The zero-order valence-electron chi connectivity index (χ0n) is 11.2. The molecule has 0 spiro atoms. The highest BCUT2D eigenvalue weighted by molar-refractivity contribution is 5.92. The molecule has 0 amide bonds. The Kier molecular flexibility index (Phi) is 4.03. The van der Waals surface area contributed by atoms with Crippen LogP contribution in [0.5, 0.6) is 5.75 Å². The lowest BCUT2D eigenvalue weighted by Gasteiger charge is -2.15. The van der Waals surface area contributed by atoms with E-state index in [1.807, 2.05) is 24.4 Å². The van der Waals surface area contributed by atoms with E-state index in [0.29, 0.717) is 6.04 Å². The minimum Gasteiger partial charge on any atom is -0.497 e. The first kappa shape index (κ1) is 12.7. The number of anilines is 1. The molecule has 18 heavy (non-hydrogen) atoms. The average Bonchev–Trinajstić information content (AvgIpc) is 2.38. The van der Waals surface area contributed by atoms with Gasteiger partial charge in [-0.15, -0.1) is 0 Å². The second-order valence-electron chi connectivity index (χ2n) is 4.58. The van der Waals surface area contributed by atoms with Gasteiger partial charge in [-0.2, -0.15) is 0 Å². The molecule has 1 atom stereocenters. The smallest absolute Gasteiger partial charge is 0.134 e. The Hall–Kier alpha value is -1.77. The van der Waals surface area contributed by atoms with Gasteiger partial charge < -0.3 is 10.1 Å². The minimum absolute atomic E-state index is 0.440. The molecule has 0 aliphatic heterocycles. The van der Waals surface area contributed by atoms with Crippen LogP contribution in [0.2, 0.25) is 0 Å². The summed E-state index contributed by atoms with van der Waals surface area (Å²) in [6.45, 7) is 4.38. The molecule has 3 heteroatoms. The summed E-state index contributed by atoms with van der Waals surface area (Å²) in [5.41, 5.74) is 0. The molecular weight excluding hydrogens is 224 g/mol. The summed E-state index contributed by atoms with van der Waals surface area (Å²) in [5, 5.41) is 5.76. The Morgan fingerprint density at radius 1 is 1.33 bits per heavy atom. The van der Waals surface area contributed by atoms with Crippen LogP contribution in [-0.2, 0) is 0 Å². The zero-order valence-corrected chi connectivity index (χ0v) is 11.2. The molecule has 0 aliphatic rings. The van der Waals surface area contributed by atoms with Gasteiger partial charge >= 0.3 is 0 Å². The van der Waals surface area contributed by atoms with Gasteiger partial charge in [0.2, 0.25) is 0 Å². The molecule has 96 valence electrons. The number of aromatic nitrogens is 1. The molecule has 1 heterocycles. The molecule has 0 fully saturated rings. The molecule has 0 aliphatic carbocycles. The van der Waals surface area contributed by atoms with E-state index in [0.717, 1.165) is 28.8 Å². The van der Waals surface area contributed by atoms with E-state index in [-0.39, 0.29) is 0 Å². The summed E-state index contributed by atoms with van der Waals surface area (Å²) in [5.74, 6) is 1.83. The summed E-state index contributed by atoms with van der Waals surface area (Å²) >= 11 is 0. The van der Waals surface area contributed by atoms with Gasteiger partial charge in [-0.25, -0.2) is 4.98 Å². The topological polar surface area (TPSA) is 34.2 Å².